The number of likely N-dealkylation sites (tertiary alicyclic amines) is 1. The lowest BCUT2D eigenvalue weighted by Crippen LogP contribution is -2.45. The highest BCUT2D eigenvalue weighted by Gasteiger charge is 2.27. The summed E-state index contributed by atoms with van der Waals surface area (Å²) in [5.74, 6) is 0.164. The summed E-state index contributed by atoms with van der Waals surface area (Å²) in [7, 11) is 0. The van der Waals surface area contributed by atoms with Gasteiger partial charge in [0.05, 0.1) is 12.5 Å². The molecule has 6 nitrogen and oxygen atoms in total. The van der Waals surface area contributed by atoms with Gasteiger partial charge in [0.2, 0.25) is 11.8 Å². The number of piperidine rings is 1. The number of carbonyl (C=O) groups is 2. The van der Waals surface area contributed by atoms with Gasteiger partial charge >= 0.3 is 0 Å². The Hall–Kier alpha value is -1.95. The average Bonchev–Trinajstić information content (AvgIpc) is 2.49. The van der Waals surface area contributed by atoms with Crippen LogP contribution in [-0.2, 0) is 9.59 Å². The van der Waals surface area contributed by atoms with Crippen LogP contribution in [0.15, 0.2) is 18.3 Å². The van der Waals surface area contributed by atoms with Gasteiger partial charge in [-0.3, -0.25) is 9.59 Å². The molecular weight excluding hydrogens is 256 g/mol. The van der Waals surface area contributed by atoms with Crippen molar-refractivity contribution < 1.29 is 9.59 Å². The smallest absolute Gasteiger partial charge is 0.236 e. The first kappa shape index (κ1) is 14.5. The van der Waals surface area contributed by atoms with Gasteiger partial charge in [-0.05, 0) is 31.4 Å². The fourth-order valence-corrected chi connectivity index (χ4v) is 2.32. The number of nitrogens with one attached hydrogen (secondary N) is 1. The van der Waals surface area contributed by atoms with Gasteiger partial charge < -0.3 is 16.0 Å². The third-order valence-corrected chi connectivity index (χ3v) is 3.48. The lowest BCUT2D eigenvalue weighted by molar-refractivity contribution is -0.133. The predicted molar refractivity (Wildman–Crippen MR) is 76.0 cm³/mol. The molecule has 1 fully saturated rings. The van der Waals surface area contributed by atoms with Gasteiger partial charge in [0, 0.05) is 19.3 Å². The van der Waals surface area contributed by atoms with Crippen LogP contribution in [-0.4, -0.2) is 41.3 Å². The maximum atomic E-state index is 12.2. The molecule has 0 aliphatic carbocycles. The Kier molecular flexibility index (Phi) is 4.68. The van der Waals surface area contributed by atoms with E-state index in [-0.39, 0.29) is 24.3 Å². The number of hydrogen-bond donors (Lipinski definition) is 2. The van der Waals surface area contributed by atoms with Crippen LogP contribution in [0, 0.1) is 12.8 Å². The van der Waals surface area contributed by atoms with Crippen molar-refractivity contribution in [2.24, 2.45) is 11.7 Å². The molecule has 2 rings (SSSR count). The maximum Gasteiger partial charge on any atom is 0.236 e. The van der Waals surface area contributed by atoms with E-state index < -0.39 is 0 Å². The summed E-state index contributed by atoms with van der Waals surface area (Å²) in [6, 6.07) is 3.67. The minimum atomic E-state index is -0.192. The van der Waals surface area contributed by atoms with Crippen molar-refractivity contribution in [3.8, 4) is 0 Å². The van der Waals surface area contributed by atoms with Crippen LogP contribution in [0.3, 0.4) is 0 Å². The van der Waals surface area contributed by atoms with E-state index in [1.54, 1.807) is 17.2 Å². The number of carbonyl (C=O) groups excluding carboxylic acids is 2. The lowest BCUT2D eigenvalue weighted by atomic mass is 9.97. The molecule has 1 saturated heterocycles. The Labute approximate surface area is 118 Å². The number of aromatic nitrogens is 1. The summed E-state index contributed by atoms with van der Waals surface area (Å²) >= 11 is 0. The number of rotatable bonds is 3. The second-order valence-electron chi connectivity index (χ2n) is 5.09. The molecule has 2 heterocycles. The topological polar surface area (TPSA) is 88.3 Å². The second kappa shape index (κ2) is 6.47. The van der Waals surface area contributed by atoms with Gasteiger partial charge in [-0.1, -0.05) is 6.07 Å². The van der Waals surface area contributed by atoms with E-state index in [2.05, 4.69) is 10.3 Å². The molecule has 1 aromatic heterocycles. The van der Waals surface area contributed by atoms with Crippen LogP contribution in [0.5, 0.6) is 0 Å². The summed E-state index contributed by atoms with van der Waals surface area (Å²) in [6.45, 7) is 3.06. The van der Waals surface area contributed by atoms with E-state index in [4.69, 9.17) is 5.73 Å². The molecule has 108 valence electrons. The number of anilines is 1. The molecule has 0 spiro atoms. The van der Waals surface area contributed by atoms with Gasteiger partial charge in [0.25, 0.3) is 0 Å². The maximum absolute atomic E-state index is 12.2. The fraction of sp³-hybridized carbons (Fsp3) is 0.500. The van der Waals surface area contributed by atoms with Crippen LogP contribution < -0.4 is 11.1 Å². The molecule has 1 unspecified atom stereocenters. The van der Waals surface area contributed by atoms with Crippen LogP contribution in [0.2, 0.25) is 0 Å². The van der Waals surface area contributed by atoms with Crippen molar-refractivity contribution >= 4 is 17.6 Å². The molecule has 0 aromatic carbocycles. The first-order valence-corrected chi connectivity index (χ1v) is 6.81. The zero-order chi connectivity index (χ0) is 14.5. The Morgan fingerprint density at radius 2 is 2.30 bits per heavy atom. The van der Waals surface area contributed by atoms with Gasteiger partial charge in [0.15, 0.2) is 0 Å². The summed E-state index contributed by atoms with van der Waals surface area (Å²) in [5, 5.41) is 2.80. The van der Waals surface area contributed by atoms with Gasteiger partial charge in [-0.15, -0.1) is 0 Å². The van der Waals surface area contributed by atoms with E-state index in [1.807, 2.05) is 13.0 Å². The van der Waals surface area contributed by atoms with Crippen molar-refractivity contribution in [2.75, 3.05) is 25.0 Å². The molecule has 0 radical (unpaired) electrons. The van der Waals surface area contributed by atoms with Crippen LogP contribution >= 0.6 is 0 Å². The summed E-state index contributed by atoms with van der Waals surface area (Å²) < 4.78 is 0. The highest BCUT2D eigenvalue weighted by Crippen LogP contribution is 2.18. The zero-order valence-corrected chi connectivity index (χ0v) is 11.6. The molecule has 1 aliphatic rings. The monoisotopic (exact) mass is 276 g/mol. The van der Waals surface area contributed by atoms with Crippen molar-refractivity contribution in [1.29, 1.82) is 0 Å². The normalized spacial score (nSPS) is 18.7. The predicted octanol–water partition coefficient (Wildman–Crippen LogP) is 0.526. The van der Waals surface area contributed by atoms with Crippen molar-refractivity contribution in [3.63, 3.8) is 0 Å². The van der Waals surface area contributed by atoms with E-state index in [9.17, 15) is 9.59 Å². The number of aryl methyl sites for hydroxylation is 1. The minimum Gasteiger partial charge on any atom is -0.341 e. The molecule has 20 heavy (non-hydrogen) atoms. The molecule has 0 bridgehead atoms. The SMILES string of the molecule is Cc1ccc(NC(=O)C2CCCN(C(=O)CN)C2)nc1. The van der Waals surface area contributed by atoms with E-state index in [0.717, 1.165) is 18.4 Å². The summed E-state index contributed by atoms with van der Waals surface area (Å²) in [4.78, 5) is 29.6. The minimum absolute atomic E-state index is 0.00609. The molecule has 6 heteroatoms. The molecule has 1 aliphatic heterocycles. The van der Waals surface area contributed by atoms with E-state index in [1.165, 1.54) is 0 Å². The van der Waals surface area contributed by atoms with Crippen molar-refractivity contribution in [2.45, 2.75) is 19.8 Å². The number of amides is 2. The standard InChI is InChI=1S/C14H20N4O2/c1-10-4-5-12(16-8-10)17-14(20)11-3-2-6-18(9-11)13(19)7-15/h4-5,8,11H,2-3,6-7,9,15H2,1H3,(H,16,17,20). The number of nitrogens with zero attached hydrogens (tertiary/aromatic N) is 2. The average molecular weight is 276 g/mol. The third kappa shape index (κ3) is 3.54. The lowest BCUT2D eigenvalue weighted by Gasteiger charge is -2.31. The number of nitrogens with two attached hydrogens (primary N) is 1. The number of pyridine rings is 1. The van der Waals surface area contributed by atoms with Crippen molar-refractivity contribution in [1.82, 2.24) is 9.88 Å². The first-order chi connectivity index (χ1) is 9.60. The molecule has 1 aromatic rings. The Morgan fingerprint density at radius 1 is 1.50 bits per heavy atom. The molecule has 1 atom stereocenters. The molecule has 0 saturated carbocycles. The van der Waals surface area contributed by atoms with Gasteiger partial charge in [-0.25, -0.2) is 4.98 Å². The Balaban J connectivity index is 1.95. The van der Waals surface area contributed by atoms with E-state index >= 15 is 0 Å². The Bertz CT molecular complexity index is 486. The first-order valence-electron chi connectivity index (χ1n) is 6.81. The second-order valence-corrected chi connectivity index (χ2v) is 5.09. The number of hydrogen-bond acceptors (Lipinski definition) is 4. The molecular formula is C14H20N4O2. The molecule has 2 amide bonds. The summed E-state index contributed by atoms with van der Waals surface area (Å²) in [5.41, 5.74) is 6.40. The third-order valence-electron chi connectivity index (χ3n) is 3.48. The quantitative estimate of drug-likeness (QED) is 0.842. The molecule has 3 N–H and O–H groups in total. The largest absolute Gasteiger partial charge is 0.341 e. The zero-order valence-electron chi connectivity index (χ0n) is 11.6. The van der Waals surface area contributed by atoms with Crippen LogP contribution in [0.25, 0.3) is 0 Å². The van der Waals surface area contributed by atoms with Crippen LogP contribution in [0.1, 0.15) is 18.4 Å². The Morgan fingerprint density at radius 3 is 2.95 bits per heavy atom. The fourth-order valence-electron chi connectivity index (χ4n) is 2.32. The van der Waals surface area contributed by atoms with E-state index in [0.29, 0.717) is 18.9 Å². The van der Waals surface area contributed by atoms with Gasteiger partial charge in [0.1, 0.15) is 5.82 Å². The van der Waals surface area contributed by atoms with Gasteiger partial charge in [-0.2, -0.15) is 0 Å². The van der Waals surface area contributed by atoms with Crippen LogP contribution in [0.4, 0.5) is 5.82 Å². The highest BCUT2D eigenvalue weighted by atomic mass is 16.2. The summed E-state index contributed by atoms with van der Waals surface area (Å²) in [6.07, 6.45) is 3.32. The highest BCUT2D eigenvalue weighted by molar-refractivity contribution is 5.92. The van der Waals surface area contributed by atoms with Crippen molar-refractivity contribution in [3.05, 3.63) is 23.9 Å².